The Hall–Kier alpha value is -1.09. The number of aliphatic carboxylic acids is 1. The molecule has 1 aliphatic rings. The molecule has 1 aromatic rings. The molecule has 1 saturated carbocycles. The third-order valence-corrected chi connectivity index (χ3v) is 3.53. The van der Waals surface area contributed by atoms with Gasteiger partial charge in [-0.2, -0.15) is 0 Å². The molecule has 0 spiro atoms. The zero-order valence-corrected chi connectivity index (χ0v) is 9.92. The monoisotopic (exact) mass is 239 g/mol. The van der Waals surface area contributed by atoms with Gasteiger partial charge in [-0.1, -0.05) is 24.4 Å². The maximum Gasteiger partial charge on any atom is 0.314 e. The first-order valence-corrected chi connectivity index (χ1v) is 5.80. The predicted octanol–water partition coefficient (Wildman–Crippen LogP) is 2.94. The van der Waals surface area contributed by atoms with Crippen LogP contribution in [0.25, 0.3) is 0 Å². The minimum absolute atomic E-state index is 0.377. The third-order valence-electron chi connectivity index (χ3n) is 3.34. The normalized spacial score (nSPS) is 18.6. The van der Waals surface area contributed by atoms with E-state index in [1.807, 2.05) is 13.0 Å². The van der Waals surface area contributed by atoms with Gasteiger partial charge in [-0.3, -0.25) is 4.79 Å². The lowest BCUT2D eigenvalue weighted by atomic mass is 9.79. The van der Waals surface area contributed by atoms with E-state index in [0.29, 0.717) is 18.0 Å². The standard InChI is InChI=1S/C12H14ClNO2/c1-8-6-9(7-10(13)14-8)12(11(15)16)4-2-3-5-12/h6-7H,2-5H2,1H3,(H,15,16). The van der Waals surface area contributed by atoms with Gasteiger partial charge in [0.05, 0.1) is 5.41 Å². The number of nitrogens with zero attached hydrogens (tertiary/aromatic N) is 1. The van der Waals surface area contributed by atoms with E-state index in [9.17, 15) is 9.90 Å². The fraction of sp³-hybridized carbons (Fsp3) is 0.500. The minimum Gasteiger partial charge on any atom is -0.481 e. The maximum atomic E-state index is 11.5. The zero-order valence-electron chi connectivity index (χ0n) is 9.16. The highest BCUT2D eigenvalue weighted by Gasteiger charge is 2.43. The van der Waals surface area contributed by atoms with E-state index in [2.05, 4.69) is 4.98 Å². The Bertz CT molecular complexity index is 405. The average Bonchev–Trinajstić information content (AvgIpc) is 2.65. The van der Waals surface area contributed by atoms with Gasteiger partial charge in [0, 0.05) is 5.69 Å². The van der Waals surface area contributed by atoms with Crippen LogP contribution in [-0.2, 0) is 10.2 Å². The number of aromatic nitrogens is 1. The number of halogens is 1. The molecule has 16 heavy (non-hydrogen) atoms. The van der Waals surface area contributed by atoms with Crippen molar-refractivity contribution in [1.82, 2.24) is 4.98 Å². The second-order valence-corrected chi connectivity index (χ2v) is 4.80. The first-order valence-electron chi connectivity index (χ1n) is 5.43. The van der Waals surface area contributed by atoms with Crippen LogP contribution in [0.5, 0.6) is 0 Å². The molecule has 1 aliphatic carbocycles. The number of hydrogen-bond acceptors (Lipinski definition) is 2. The van der Waals surface area contributed by atoms with Gasteiger partial charge in [0.15, 0.2) is 0 Å². The summed E-state index contributed by atoms with van der Waals surface area (Å²) in [4.78, 5) is 15.6. The van der Waals surface area contributed by atoms with Crippen molar-refractivity contribution in [2.45, 2.75) is 38.0 Å². The van der Waals surface area contributed by atoms with Crippen molar-refractivity contribution in [3.8, 4) is 0 Å². The van der Waals surface area contributed by atoms with Crippen molar-refractivity contribution in [3.05, 3.63) is 28.5 Å². The number of carbonyl (C=O) groups is 1. The van der Waals surface area contributed by atoms with Crippen LogP contribution < -0.4 is 0 Å². The van der Waals surface area contributed by atoms with Crippen molar-refractivity contribution in [2.24, 2.45) is 0 Å². The van der Waals surface area contributed by atoms with Crippen LogP contribution in [0.1, 0.15) is 36.9 Å². The summed E-state index contributed by atoms with van der Waals surface area (Å²) < 4.78 is 0. The van der Waals surface area contributed by atoms with Gasteiger partial charge in [-0.25, -0.2) is 4.98 Å². The van der Waals surface area contributed by atoms with Crippen LogP contribution in [0.4, 0.5) is 0 Å². The lowest BCUT2D eigenvalue weighted by molar-refractivity contribution is -0.143. The van der Waals surface area contributed by atoms with Crippen molar-refractivity contribution in [3.63, 3.8) is 0 Å². The SMILES string of the molecule is Cc1cc(C2(C(=O)O)CCCC2)cc(Cl)n1. The third kappa shape index (κ3) is 1.80. The lowest BCUT2D eigenvalue weighted by Crippen LogP contribution is -2.32. The van der Waals surface area contributed by atoms with E-state index in [1.165, 1.54) is 0 Å². The number of aryl methyl sites for hydroxylation is 1. The largest absolute Gasteiger partial charge is 0.481 e. The van der Waals surface area contributed by atoms with E-state index < -0.39 is 11.4 Å². The lowest BCUT2D eigenvalue weighted by Gasteiger charge is -2.24. The second kappa shape index (κ2) is 4.06. The number of hydrogen-bond donors (Lipinski definition) is 1. The Labute approximate surface area is 99.5 Å². The van der Waals surface area contributed by atoms with E-state index in [1.54, 1.807) is 6.07 Å². The van der Waals surface area contributed by atoms with Gasteiger partial charge in [-0.05, 0) is 37.5 Å². The summed E-state index contributed by atoms with van der Waals surface area (Å²) in [5, 5.41) is 9.81. The summed E-state index contributed by atoms with van der Waals surface area (Å²) in [5.41, 5.74) is 0.835. The fourth-order valence-corrected chi connectivity index (χ4v) is 2.76. The quantitative estimate of drug-likeness (QED) is 0.808. The molecule has 0 aromatic carbocycles. The van der Waals surface area contributed by atoms with Crippen molar-refractivity contribution < 1.29 is 9.90 Å². The molecular weight excluding hydrogens is 226 g/mol. The van der Waals surface area contributed by atoms with E-state index in [4.69, 9.17) is 11.6 Å². The summed E-state index contributed by atoms with van der Waals surface area (Å²) in [7, 11) is 0. The molecule has 1 aromatic heterocycles. The maximum absolute atomic E-state index is 11.5. The van der Waals surface area contributed by atoms with Gasteiger partial charge in [0.1, 0.15) is 5.15 Å². The fourth-order valence-electron chi connectivity index (χ4n) is 2.51. The number of carboxylic acid groups (broad SMARTS) is 1. The number of rotatable bonds is 2. The highest BCUT2D eigenvalue weighted by atomic mass is 35.5. The Kier molecular flexibility index (Phi) is 2.89. The zero-order chi connectivity index (χ0) is 11.8. The number of carboxylic acids is 1. The summed E-state index contributed by atoms with van der Waals surface area (Å²) in [6.45, 7) is 1.83. The van der Waals surface area contributed by atoms with Crippen LogP contribution in [0.3, 0.4) is 0 Å². The molecule has 0 saturated heterocycles. The molecule has 0 atom stereocenters. The topological polar surface area (TPSA) is 50.2 Å². The van der Waals surface area contributed by atoms with Gasteiger partial charge in [-0.15, -0.1) is 0 Å². The molecule has 3 nitrogen and oxygen atoms in total. The second-order valence-electron chi connectivity index (χ2n) is 4.41. The molecule has 1 heterocycles. The molecule has 4 heteroatoms. The molecule has 0 unspecified atom stereocenters. The molecule has 0 amide bonds. The highest BCUT2D eigenvalue weighted by Crippen LogP contribution is 2.42. The molecule has 0 radical (unpaired) electrons. The van der Waals surface area contributed by atoms with Crippen LogP contribution in [0, 0.1) is 6.92 Å². The van der Waals surface area contributed by atoms with Crippen molar-refractivity contribution in [1.29, 1.82) is 0 Å². The van der Waals surface area contributed by atoms with Crippen LogP contribution in [-0.4, -0.2) is 16.1 Å². The summed E-state index contributed by atoms with van der Waals surface area (Å²) in [6.07, 6.45) is 3.32. The van der Waals surface area contributed by atoms with Gasteiger partial charge in [0.25, 0.3) is 0 Å². The molecule has 0 aliphatic heterocycles. The Morgan fingerprint density at radius 1 is 1.44 bits per heavy atom. The molecular formula is C12H14ClNO2. The van der Waals surface area contributed by atoms with Crippen molar-refractivity contribution in [2.75, 3.05) is 0 Å². The minimum atomic E-state index is -0.744. The van der Waals surface area contributed by atoms with E-state index in [0.717, 1.165) is 24.1 Å². The summed E-state index contributed by atoms with van der Waals surface area (Å²) in [6, 6.07) is 3.53. The highest BCUT2D eigenvalue weighted by molar-refractivity contribution is 6.29. The van der Waals surface area contributed by atoms with E-state index in [-0.39, 0.29) is 0 Å². The predicted molar refractivity (Wildman–Crippen MR) is 61.8 cm³/mol. The summed E-state index contributed by atoms with van der Waals surface area (Å²) in [5.74, 6) is -0.744. The molecule has 86 valence electrons. The van der Waals surface area contributed by atoms with Gasteiger partial charge in [0.2, 0.25) is 0 Å². The number of pyridine rings is 1. The molecule has 1 N–H and O–H groups in total. The Morgan fingerprint density at radius 2 is 2.06 bits per heavy atom. The smallest absolute Gasteiger partial charge is 0.314 e. The Balaban J connectivity index is 2.51. The Morgan fingerprint density at radius 3 is 2.56 bits per heavy atom. The molecule has 1 fully saturated rings. The van der Waals surface area contributed by atoms with Crippen LogP contribution >= 0.6 is 11.6 Å². The van der Waals surface area contributed by atoms with Crippen LogP contribution in [0.2, 0.25) is 5.15 Å². The van der Waals surface area contributed by atoms with Crippen LogP contribution in [0.15, 0.2) is 12.1 Å². The van der Waals surface area contributed by atoms with Gasteiger partial charge < -0.3 is 5.11 Å². The van der Waals surface area contributed by atoms with E-state index >= 15 is 0 Å². The molecule has 0 bridgehead atoms. The first kappa shape index (κ1) is 11.4. The average molecular weight is 240 g/mol. The molecule has 2 rings (SSSR count). The van der Waals surface area contributed by atoms with Crippen molar-refractivity contribution >= 4 is 17.6 Å². The first-order chi connectivity index (χ1) is 7.54. The van der Waals surface area contributed by atoms with Gasteiger partial charge >= 0.3 is 5.97 Å². The summed E-state index contributed by atoms with van der Waals surface area (Å²) >= 11 is 5.89.